The normalized spacial score (nSPS) is 11.2. The molecule has 0 heterocycles. The number of nitrogens with zero attached hydrogens (tertiary/aromatic N) is 1. The average molecular weight is 279 g/mol. The summed E-state index contributed by atoms with van der Waals surface area (Å²) in [5.74, 6) is 0.829. The molecule has 1 aromatic carbocycles. The van der Waals surface area contributed by atoms with Crippen LogP contribution in [0.25, 0.3) is 0 Å². The highest BCUT2D eigenvalue weighted by molar-refractivity contribution is 5.77. The number of likely N-dealkylation sites (N-methyl/N-ethyl adjacent to an activating group) is 1. The largest absolute Gasteiger partial charge is 0.494 e. The van der Waals surface area contributed by atoms with Gasteiger partial charge in [-0.05, 0) is 45.4 Å². The van der Waals surface area contributed by atoms with Crippen molar-refractivity contribution in [1.29, 1.82) is 0 Å². The van der Waals surface area contributed by atoms with Crippen LogP contribution in [-0.2, 0) is 16.1 Å². The van der Waals surface area contributed by atoms with Crippen LogP contribution in [-0.4, -0.2) is 36.7 Å². The van der Waals surface area contributed by atoms with E-state index in [-0.39, 0.29) is 18.1 Å². The summed E-state index contributed by atoms with van der Waals surface area (Å²) >= 11 is 0. The molecular formula is C16H25NO3. The second-order valence-electron chi connectivity index (χ2n) is 5.73. The summed E-state index contributed by atoms with van der Waals surface area (Å²) < 4.78 is 10.9. The van der Waals surface area contributed by atoms with E-state index in [1.165, 1.54) is 0 Å². The van der Waals surface area contributed by atoms with Crippen molar-refractivity contribution in [1.82, 2.24) is 4.90 Å². The lowest BCUT2D eigenvalue weighted by Gasteiger charge is -2.22. The third-order valence-corrected chi connectivity index (χ3v) is 2.71. The summed E-state index contributed by atoms with van der Waals surface area (Å²) in [5.41, 5.74) is 0.774. The molecule has 1 aromatic rings. The Morgan fingerprint density at radius 2 is 1.80 bits per heavy atom. The lowest BCUT2D eigenvalue weighted by atomic mass is 10.2. The first-order valence-electron chi connectivity index (χ1n) is 6.91. The molecule has 0 bridgehead atoms. The third-order valence-electron chi connectivity index (χ3n) is 2.71. The number of benzene rings is 1. The van der Waals surface area contributed by atoms with Crippen LogP contribution in [0.3, 0.4) is 0 Å². The molecule has 0 fully saturated rings. The molecule has 0 aliphatic heterocycles. The fourth-order valence-corrected chi connectivity index (χ4v) is 1.61. The highest BCUT2D eigenvalue weighted by Gasteiger charge is 2.15. The number of hydrogen-bond acceptors (Lipinski definition) is 3. The first-order chi connectivity index (χ1) is 9.31. The van der Waals surface area contributed by atoms with Crippen LogP contribution in [0.15, 0.2) is 24.3 Å². The second-order valence-corrected chi connectivity index (χ2v) is 5.73. The number of hydrogen-bond donors (Lipinski definition) is 0. The number of amides is 1. The topological polar surface area (TPSA) is 38.8 Å². The molecule has 0 aliphatic carbocycles. The molecule has 1 amide bonds. The quantitative estimate of drug-likeness (QED) is 0.803. The zero-order chi connectivity index (χ0) is 15.2. The summed E-state index contributed by atoms with van der Waals surface area (Å²) in [5, 5.41) is 0. The van der Waals surface area contributed by atoms with Gasteiger partial charge in [-0.1, -0.05) is 12.1 Å². The maximum Gasteiger partial charge on any atom is 0.248 e. The van der Waals surface area contributed by atoms with Gasteiger partial charge in [-0.25, -0.2) is 0 Å². The number of carbonyl (C=O) groups excluding carboxylic acids is 1. The Morgan fingerprint density at radius 1 is 1.20 bits per heavy atom. The van der Waals surface area contributed by atoms with Crippen molar-refractivity contribution in [3.8, 4) is 5.75 Å². The molecule has 0 radical (unpaired) electrons. The predicted octanol–water partition coefficient (Wildman–Crippen LogP) is 2.86. The van der Waals surface area contributed by atoms with Crippen LogP contribution in [0, 0.1) is 0 Å². The molecule has 1 rings (SSSR count). The van der Waals surface area contributed by atoms with E-state index in [9.17, 15) is 4.79 Å². The molecule has 0 aromatic heterocycles. The molecule has 0 aliphatic rings. The summed E-state index contributed by atoms with van der Waals surface area (Å²) in [6, 6.07) is 7.78. The molecule has 4 nitrogen and oxygen atoms in total. The van der Waals surface area contributed by atoms with E-state index < -0.39 is 0 Å². The van der Waals surface area contributed by atoms with Gasteiger partial charge in [0.25, 0.3) is 0 Å². The minimum absolute atomic E-state index is 0.0196. The summed E-state index contributed by atoms with van der Waals surface area (Å²) in [7, 11) is 1.78. The zero-order valence-corrected chi connectivity index (χ0v) is 13.1. The number of rotatable bonds is 6. The van der Waals surface area contributed by atoms with Gasteiger partial charge in [-0.15, -0.1) is 0 Å². The molecule has 4 heteroatoms. The van der Waals surface area contributed by atoms with Gasteiger partial charge in [0.1, 0.15) is 12.4 Å². The van der Waals surface area contributed by atoms with E-state index >= 15 is 0 Å². The van der Waals surface area contributed by atoms with E-state index in [1.807, 2.05) is 52.0 Å². The predicted molar refractivity (Wildman–Crippen MR) is 79.8 cm³/mol. The fourth-order valence-electron chi connectivity index (χ4n) is 1.61. The van der Waals surface area contributed by atoms with Gasteiger partial charge in [0.2, 0.25) is 5.91 Å². The van der Waals surface area contributed by atoms with E-state index in [1.54, 1.807) is 11.9 Å². The maximum atomic E-state index is 11.9. The van der Waals surface area contributed by atoms with Gasteiger partial charge < -0.3 is 14.4 Å². The summed E-state index contributed by atoms with van der Waals surface area (Å²) in [4.78, 5) is 13.6. The molecule has 0 saturated carbocycles. The van der Waals surface area contributed by atoms with Gasteiger partial charge >= 0.3 is 0 Å². The van der Waals surface area contributed by atoms with Crippen molar-refractivity contribution in [2.75, 3.05) is 20.3 Å². The number of carbonyl (C=O) groups is 1. The second kappa shape index (κ2) is 7.29. The van der Waals surface area contributed by atoms with Gasteiger partial charge in [0.15, 0.2) is 0 Å². The van der Waals surface area contributed by atoms with Crippen LogP contribution >= 0.6 is 0 Å². The van der Waals surface area contributed by atoms with E-state index in [0.29, 0.717) is 13.2 Å². The highest BCUT2D eigenvalue weighted by atomic mass is 16.5. The Hall–Kier alpha value is -1.55. The molecule has 112 valence electrons. The monoisotopic (exact) mass is 279 g/mol. The van der Waals surface area contributed by atoms with Crippen molar-refractivity contribution >= 4 is 5.91 Å². The molecule has 0 saturated heterocycles. The Bertz CT molecular complexity index is 420. The number of ether oxygens (including phenoxy) is 2. The van der Waals surface area contributed by atoms with Crippen molar-refractivity contribution in [3.63, 3.8) is 0 Å². The van der Waals surface area contributed by atoms with Gasteiger partial charge in [-0.2, -0.15) is 0 Å². The minimum Gasteiger partial charge on any atom is -0.494 e. The van der Waals surface area contributed by atoms with Gasteiger partial charge in [0.05, 0.1) is 12.2 Å². The zero-order valence-electron chi connectivity index (χ0n) is 13.1. The smallest absolute Gasteiger partial charge is 0.248 e. The standard InChI is InChI=1S/C16H25NO3/c1-6-19-14-9-7-13(8-10-14)11-17(5)15(18)12-20-16(2,3)4/h7-10H,6,11-12H2,1-5H3. The Kier molecular flexibility index (Phi) is 6.02. The Labute approximate surface area is 121 Å². The van der Waals surface area contributed by atoms with Crippen molar-refractivity contribution in [2.45, 2.75) is 39.8 Å². The first kappa shape index (κ1) is 16.5. The Morgan fingerprint density at radius 3 is 2.30 bits per heavy atom. The van der Waals surface area contributed by atoms with Crippen molar-refractivity contribution in [3.05, 3.63) is 29.8 Å². The maximum absolute atomic E-state index is 11.9. The lowest BCUT2D eigenvalue weighted by molar-refractivity contribution is -0.140. The van der Waals surface area contributed by atoms with Crippen molar-refractivity contribution < 1.29 is 14.3 Å². The summed E-state index contributed by atoms with van der Waals surface area (Å²) in [6.07, 6.45) is 0. The average Bonchev–Trinajstić information content (AvgIpc) is 2.37. The Balaban J connectivity index is 2.48. The fraction of sp³-hybridized carbons (Fsp3) is 0.562. The van der Waals surface area contributed by atoms with Gasteiger partial charge in [0, 0.05) is 13.6 Å². The van der Waals surface area contributed by atoms with Gasteiger partial charge in [-0.3, -0.25) is 4.79 Å². The summed E-state index contributed by atoms with van der Waals surface area (Å²) in [6.45, 7) is 9.10. The van der Waals surface area contributed by atoms with E-state index in [4.69, 9.17) is 9.47 Å². The van der Waals surface area contributed by atoms with Crippen molar-refractivity contribution in [2.24, 2.45) is 0 Å². The molecular weight excluding hydrogens is 254 g/mol. The van der Waals surface area contributed by atoms with E-state index in [2.05, 4.69) is 0 Å². The molecule has 0 N–H and O–H groups in total. The molecule has 20 heavy (non-hydrogen) atoms. The SMILES string of the molecule is CCOc1ccc(CN(C)C(=O)COC(C)(C)C)cc1. The van der Waals surface area contributed by atoms with Crippen LogP contribution < -0.4 is 4.74 Å². The minimum atomic E-state index is -0.296. The van der Waals surface area contributed by atoms with Crippen LogP contribution in [0.4, 0.5) is 0 Å². The van der Waals surface area contributed by atoms with Crippen LogP contribution in [0.5, 0.6) is 5.75 Å². The van der Waals surface area contributed by atoms with Crippen LogP contribution in [0.1, 0.15) is 33.3 Å². The lowest BCUT2D eigenvalue weighted by Crippen LogP contribution is -2.33. The third kappa shape index (κ3) is 6.06. The van der Waals surface area contributed by atoms with E-state index in [0.717, 1.165) is 11.3 Å². The van der Waals surface area contributed by atoms with Crippen LogP contribution in [0.2, 0.25) is 0 Å². The molecule has 0 unspecified atom stereocenters. The molecule has 0 atom stereocenters. The highest BCUT2D eigenvalue weighted by Crippen LogP contribution is 2.13. The molecule has 0 spiro atoms. The first-order valence-corrected chi connectivity index (χ1v) is 6.91.